The molecule has 8 heteroatoms. The van der Waals surface area contributed by atoms with Gasteiger partial charge in [0.05, 0.1) is 10.4 Å². The van der Waals surface area contributed by atoms with Gasteiger partial charge in [-0.25, -0.2) is 17.9 Å². The van der Waals surface area contributed by atoms with Gasteiger partial charge in [0.15, 0.2) is 5.58 Å². The number of nitrogens with one attached hydrogen (secondary N) is 1. The highest BCUT2D eigenvalue weighted by Crippen LogP contribution is 2.17. The van der Waals surface area contributed by atoms with Gasteiger partial charge in [-0.2, -0.15) is 0 Å². The van der Waals surface area contributed by atoms with E-state index in [1.54, 1.807) is 0 Å². The Kier molecular flexibility index (Phi) is 3.98. The topological polar surface area (TPSA) is 84.6 Å². The fraction of sp³-hybridized carbons (Fsp3) is 0.417. The first-order valence-corrected chi connectivity index (χ1v) is 7.53. The van der Waals surface area contributed by atoms with E-state index in [0.29, 0.717) is 24.2 Å². The van der Waals surface area contributed by atoms with Gasteiger partial charge in [-0.05, 0) is 32.3 Å². The maximum Gasteiger partial charge on any atom is 0.419 e. The van der Waals surface area contributed by atoms with Crippen molar-refractivity contribution in [2.75, 3.05) is 27.2 Å². The SMILES string of the molecule is CN(C)CCNS(=O)(=O)c1ccc2oc(=O)n(C)c2c1. The minimum absolute atomic E-state index is 0.111. The van der Waals surface area contributed by atoms with E-state index < -0.39 is 15.8 Å². The molecule has 0 amide bonds. The van der Waals surface area contributed by atoms with Crippen molar-refractivity contribution in [1.29, 1.82) is 0 Å². The first-order valence-electron chi connectivity index (χ1n) is 6.05. The molecule has 2 rings (SSSR count). The maximum absolute atomic E-state index is 12.1. The molecular weight excluding hydrogens is 282 g/mol. The summed E-state index contributed by atoms with van der Waals surface area (Å²) in [5.74, 6) is -0.518. The Morgan fingerprint density at radius 3 is 2.70 bits per heavy atom. The molecule has 0 saturated heterocycles. The van der Waals surface area contributed by atoms with Crippen LogP contribution in [-0.4, -0.2) is 45.1 Å². The lowest BCUT2D eigenvalue weighted by Gasteiger charge is -2.11. The van der Waals surface area contributed by atoms with Crippen LogP contribution < -0.4 is 10.5 Å². The number of sulfonamides is 1. The molecule has 1 aromatic carbocycles. The number of hydrogen-bond donors (Lipinski definition) is 1. The Labute approximate surface area is 116 Å². The van der Waals surface area contributed by atoms with Crippen molar-refractivity contribution < 1.29 is 12.8 Å². The fourth-order valence-electron chi connectivity index (χ4n) is 1.76. The van der Waals surface area contributed by atoms with Crippen molar-refractivity contribution in [3.05, 3.63) is 28.7 Å². The molecule has 20 heavy (non-hydrogen) atoms. The molecule has 1 aromatic heterocycles. The zero-order chi connectivity index (χ0) is 14.9. The van der Waals surface area contributed by atoms with Crippen molar-refractivity contribution in [3.8, 4) is 0 Å². The molecule has 1 heterocycles. The van der Waals surface area contributed by atoms with Crippen LogP contribution in [0.2, 0.25) is 0 Å². The maximum atomic E-state index is 12.1. The third-order valence-electron chi connectivity index (χ3n) is 2.92. The molecule has 0 aliphatic rings. The van der Waals surface area contributed by atoms with Crippen molar-refractivity contribution in [1.82, 2.24) is 14.2 Å². The number of nitrogens with zero attached hydrogens (tertiary/aromatic N) is 2. The molecule has 110 valence electrons. The number of aryl methyl sites for hydroxylation is 1. The number of likely N-dealkylation sites (N-methyl/N-ethyl adjacent to an activating group) is 1. The predicted octanol–water partition coefficient (Wildman–Crippen LogP) is -0.0286. The van der Waals surface area contributed by atoms with Gasteiger partial charge in [0.25, 0.3) is 0 Å². The summed E-state index contributed by atoms with van der Waals surface area (Å²) in [5.41, 5.74) is 0.815. The molecule has 0 bridgehead atoms. The van der Waals surface area contributed by atoms with Gasteiger partial charge in [-0.3, -0.25) is 4.57 Å². The summed E-state index contributed by atoms with van der Waals surface area (Å²) < 4.78 is 33.0. The van der Waals surface area contributed by atoms with Gasteiger partial charge in [-0.1, -0.05) is 0 Å². The second kappa shape index (κ2) is 5.39. The normalized spacial score (nSPS) is 12.4. The lowest BCUT2D eigenvalue weighted by molar-refractivity contribution is 0.412. The van der Waals surface area contributed by atoms with Crippen molar-refractivity contribution in [3.63, 3.8) is 0 Å². The molecule has 0 aliphatic heterocycles. The second-order valence-electron chi connectivity index (χ2n) is 4.76. The minimum Gasteiger partial charge on any atom is -0.408 e. The zero-order valence-electron chi connectivity index (χ0n) is 11.6. The Bertz CT molecular complexity index is 774. The van der Waals surface area contributed by atoms with E-state index in [4.69, 9.17) is 4.42 Å². The fourth-order valence-corrected chi connectivity index (χ4v) is 2.80. The number of fused-ring (bicyclic) bond motifs is 1. The smallest absolute Gasteiger partial charge is 0.408 e. The van der Waals surface area contributed by atoms with Gasteiger partial charge >= 0.3 is 5.76 Å². The van der Waals surface area contributed by atoms with Crippen LogP contribution in [0.15, 0.2) is 32.3 Å². The molecular formula is C12H17N3O4S. The van der Waals surface area contributed by atoms with Crippen molar-refractivity contribution in [2.24, 2.45) is 7.05 Å². The van der Waals surface area contributed by atoms with Crippen molar-refractivity contribution in [2.45, 2.75) is 4.90 Å². The number of hydrogen-bond acceptors (Lipinski definition) is 5. The van der Waals surface area contributed by atoms with Gasteiger partial charge in [0.1, 0.15) is 0 Å². The molecule has 0 fully saturated rings. The molecule has 7 nitrogen and oxygen atoms in total. The third-order valence-corrected chi connectivity index (χ3v) is 4.38. The van der Waals surface area contributed by atoms with E-state index >= 15 is 0 Å². The number of rotatable bonds is 5. The van der Waals surface area contributed by atoms with Gasteiger partial charge < -0.3 is 9.32 Å². The lowest BCUT2D eigenvalue weighted by Crippen LogP contribution is -2.31. The van der Waals surface area contributed by atoms with Crippen LogP contribution in [0.5, 0.6) is 0 Å². The van der Waals surface area contributed by atoms with Crippen LogP contribution in [0, 0.1) is 0 Å². The molecule has 0 unspecified atom stereocenters. The average molecular weight is 299 g/mol. The van der Waals surface area contributed by atoms with Crippen LogP contribution >= 0.6 is 0 Å². The summed E-state index contributed by atoms with van der Waals surface area (Å²) in [7, 11) is 1.67. The molecule has 0 atom stereocenters. The Morgan fingerprint density at radius 1 is 1.35 bits per heavy atom. The Morgan fingerprint density at radius 2 is 2.05 bits per heavy atom. The number of aromatic nitrogens is 1. The summed E-state index contributed by atoms with van der Waals surface area (Å²) in [6, 6.07) is 4.33. The van der Waals surface area contributed by atoms with Crippen molar-refractivity contribution >= 4 is 21.1 Å². The second-order valence-corrected chi connectivity index (χ2v) is 6.52. The first-order chi connectivity index (χ1) is 9.31. The molecule has 0 aliphatic carbocycles. The van der Waals surface area contributed by atoms with Gasteiger partial charge in [-0.15, -0.1) is 0 Å². The summed E-state index contributed by atoms with van der Waals surface area (Å²) in [5, 5.41) is 0. The van der Waals surface area contributed by atoms with E-state index in [0.717, 1.165) is 0 Å². The summed E-state index contributed by atoms with van der Waals surface area (Å²) in [6.07, 6.45) is 0. The summed E-state index contributed by atoms with van der Waals surface area (Å²) in [6.45, 7) is 0.920. The largest absolute Gasteiger partial charge is 0.419 e. The average Bonchev–Trinajstić information content (AvgIpc) is 2.64. The van der Waals surface area contributed by atoms with Gasteiger partial charge in [0, 0.05) is 20.1 Å². The van der Waals surface area contributed by atoms with Gasteiger partial charge in [0.2, 0.25) is 10.0 Å². The minimum atomic E-state index is -3.59. The quantitative estimate of drug-likeness (QED) is 0.838. The zero-order valence-corrected chi connectivity index (χ0v) is 12.4. The lowest BCUT2D eigenvalue weighted by atomic mass is 10.3. The predicted molar refractivity (Wildman–Crippen MR) is 75.2 cm³/mol. The highest BCUT2D eigenvalue weighted by Gasteiger charge is 2.16. The van der Waals surface area contributed by atoms with E-state index in [1.807, 2.05) is 19.0 Å². The highest BCUT2D eigenvalue weighted by atomic mass is 32.2. The molecule has 0 saturated carbocycles. The van der Waals surface area contributed by atoms with E-state index in [1.165, 1.54) is 29.8 Å². The standard InChI is InChI=1S/C12H17N3O4S/c1-14(2)7-6-13-20(17,18)9-4-5-11-10(8-9)15(3)12(16)19-11/h4-5,8,13H,6-7H2,1-3H3. The highest BCUT2D eigenvalue weighted by molar-refractivity contribution is 7.89. The van der Waals surface area contributed by atoms with Crippen LogP contribution in [-0.2, 0) is 17.1 Å². The molecule has 1 N–H and O–H groups in total. The molecule has 2 aromatic rings. The van der Waals surface area contributed by atoms with Crippen LogP contribution in [0.4, 0.5) is 0 Å². The third kappa shape index (κ3) is 2.92. The van der Waals surface area contributed by atoms with Crippen LogP contribution in [0.1, 0.15) is 0 Å². The number of benzene rings is 1. The molecule has 0 spiro atoms. The van der Waals surface area contributed by atoms with E-state index in [2.05, 4.69) is 4.72 Å². The Hall–Kier alpha value is -1.64. The van der Waals surface area contributed by atoms with Crippen LogP contribution in [0.3, 0.4) is 0 Å². The van der Waals surface area contributed by atoms with E-state index in [-0.39, 0.29) is 4.90 Å². The molecule has 0 radical (unpaired) electrons. The summed E-state index contributed by atoms with van der Waals surface area (Å²) >= 11 is 0. The van der Waals surface area contributed by atoms with Crippen LogP contribution in [0.25, 0.3) is 11.1 Å². The summed E-state index contributed by atoms with van der Waals surface area (Å²) in [4.78, 5) is 13.4. The van der Waals surface area contributed by atoms with E-state index in [9.17, 15) is 13.2 Å². The first kappa shape index (κ1) is 14.8. The number of oxazole rings is 1. The monoisotopic (exact) mass is 299 g/mol. The Balaban J connectivity index is 2.32.